The van der Waals surface area contributed by atoms with Gasteiger partial charge in [-0.15, -0.1) is 0 Å². The molecule has 5 nitrogen and oxygen atoms in total. The molecule has 4 aromatic rings. The monoisotopic (exact) mass is 481 g/mol. The third kappa shape index (κ3) is 4.91. The standard InChI is InChI=1S/C29H24ClN3O2/c1-35-27-18-24(16-17-25(27)20-8-4-2-5-9-20)31-29(34)33-19-26(21-10-6-3-7-11-21)28(32-33)22-12-14-23(30)15-13-22/h2-18,26H,19H2,1H3,(H,31,34)/t26-/m0/s1. The maximum Gasteiger partial charge on any atom is 0.342 e. The quantitative estimate of drug-likeness (QED) is 0.332. The molecule has 0 saturated carbocycles. The van der Waals surface area contributed by atoms with Gasteiger partial charge in [-0.25, -0.2) is 9.80 Å². The van der Waals surface area contributed by atoms with Crippen LogP contribution in [0.3, 0.4) is 0 Å². The fourth-order valence-corrected chi connectivity index (χ4v) is 4.40. The van der Waals surface area contributed by atoms with Gasteiger partial charge in [0.15, 0.2) is 0 Å². The fraction of sp³-hybridized carbons (Fsp3) is 0.103. The average Bonchev–Trinajstić information content (AvgIpc) is 3.36. The molecule has 5 rings (SSSR count). The van der Waals surface area contributed by atoms with Gasteiger partial charge in [0.2, 0.25) is 0 Å². The summed E-state index contributed by atoms with van der Waals surface area (Å²) in [6, 6.07) is 33.0. The SMILES string of the molecule is COc1cc(NC(=O)N2C[C@@H](c3ccccc3)C(c3ccc(Cl)cc3)=N2)ccc1-c1ccccc1. The lowest BCUT2D eigenvalue weighted by molar-refractivity contribution is 0.218. The van der Waals surface area contributed by atoms with Gasteiger partial charge < -0.3 is 10.1 Å². The molecular weight excluding hydrogens is 458 g/mol. The minimum atomic E-state index is -0.301. The number of methoxy groups -OCH3 is 1. The number of hydrogen-bond donors (Lipinski definition) is 1. The normalized spacial score (nSPS) is 15.0. The van der Waals surface area contributed by atoms with E-state index in [0.717, 1.165) is 28.0 Å². The van der Waals surface area contributed by atoms with Gasteiger partial charge in [0.05, 0.1) is 19.4 Å². The van der Waals surface area contributed by atoms with Crippen LogP contribution in [-0.2, 0) is 0 Å². The molecule has 1 atom stereocenters. The number of urea groups is 1. The molecule has 1 aliphatic heterocycles. The Morgan fingerprint density at radius 3 is 2.29 bits per heavy atom. The summed E-state index contributed by atoms with van der Waals surface area (Å²) < 4.78 is 5.60. The second-order valence-corrected chi connectivity index (χ2v) is 8.69. The molecule has 6 heteroatoms. The summed E-state index contributed by atoms with van der Waals surface area (Å²) in [5.41, 5.74) is 5.51. The molecule has 174 valence electrons. The Hall–Kier alpha value is -4.09. The van der Waals surface area contributed by atoms with E-state index in [0.29, 0.717) is 23.0 Å². The zero-order valence-corrected chi connectivity index (χ0v) is 19.9. The van der Waals surface area contributed by atoms with E-state index in [2.05, 4.69) is 17.4 Å². The van der Waals surface area contributed by atoms with E-state index in [9.17, 15) is 4.79 Å². The first-order chi connectivity index (χ1) is 17.1. The predicted molar refractivity (Wildman–Crippen MR) is 141 cm³/mol. The van der Waals surface area contributed by atoms with Crippen LogP contribution in [0.25, 0.3) is 11.1 Å². The molecular formula is C29H24ClN3O2. The smallest absolute Gasteiger partial charge is 0.342 e. The highest BCUT2D eigenvalue weighted by atomic mass is 35.5. The molecule has 0 radical (unpaired) electrons. The van der Waals surface area contributed by atoms with E-state index >= 15 is 0 Å². The lowest BCUT2D eigenvalue weighted by Crippen LogP contribution is -2.30. The first-order valence-electron chi connectivity index (χ1n) is 11.3. The lowest BCUT2D eigenvalue weighted by atomic mass is 9.91. The number of ether oxygens (including phenoxy) is 1. The van der Waals surface area contributed by atoms with Gasteiger partial charge in [0.25, 0.3) is 0 Å². The van der Waals surface area contributed by atoms with Crippen LogP contribution in [-0.4, -0.2) is 30.4 Å². The van der Waals surface area contributed by atoms with Crippen molar-refractivity contribution in [2.75, 3.05) is 19.0 Å². The van der Waals surface area contributed by atoms with E-state index in [1.165, 1.54) is 5.01 Å². The maximum atomic E-state index is 13.2. The largest absolute Gasteiger partial charge is 0.496 e. The van der Waals surface area contributed by atoms with E-state index in [1.807, 2.05) is 91.0 Å². The number of nitrogens with one attached hydrogen (secondary N) is 1. The number of anilines is 1. The number of nitrogens with zero attached hydrogens (tertiary/aromatic N) is 2. The number of amides is 2. The molecule has 0 aliphatic carbocycles. The Bertz CT molecular complexity index is 1360. The van der Waals surface area contributed by atoms with Gasteiger partial charge in [-0.2, -0.15) is 5.10 Å². The molecule has 1 aliphatic rings. The average molecular weight is 482 g/mol. The highest BCUT2D eigenvalue weighted by Crippen LogP contribution is 2.33. The molecule has 1 N–H and O–H groups in total. The molecule has 0 saturated heterocycles. The number of benzene rings is 4. The first kappa shape index (κ1) is 22.7. The predicted octanol–water partition coefficient (Wildman–Crippen LogP) is 7.05. The molecule has 0 aromatic heterocycles. The summed E-state index contributed by atoms with van der Waals surface area (Å²) in [6.45, 7) is 0.438. The molecule has 35 heavy (non-hydrogen) atoms. The van der Waals surface area contributed by atoms with Crippen LogP contribution in [0.4, 0.5) is 10.5 Å². The van der Waals surface area contributed by atoms with Crippen molar-refractivity contribution >= 4 is 29.0 Å². The van der Waals surface area contributed by atoms with Crippen molar-refractivity contribution in [1.82, 2.24) is 5.01 Å². The summed E-state index contributed by atoms with van der Waals surface area (Å²) in [5.74, 6) is 0.640. The highest BCUT2D eigenvalue weighted by molar-refractivity contribution is 6.30. The number of hydrazone groups is 1. The van der Waals surface area contributed by atoms with Gasteiger partial charge in [-0.1, -0.05) is 84.4 Å². The van der Waals surface area contributed by atoms with Crippen LogP contribution in [0.5, 0.6) is 5.75 Å². The fourth-order valence-electron chi connectivity index (χ4n) is 4.27. The van der Waals surface area contributed by atoms with Crippen molar-refractivity contribution in [2.45, 2.75) is 5.92 Å². The van der Waals surface area contributed by atoms with E-state index in [4.69, 9.17) is 21.4 Å². The van der Waals surface area contributed by atoms with Crippen molar-refractivity contribution in [2.24, 2.45) is 5.10 Å². The van der Waals surface area contributed by atoms with Crippen LogP contribution >= 0.6 is 11.6 Å². The van der Waals surface area contributed by atoms with Crippen LogP contribution in [0.2, 0.25) is 5.02 Å². The number of hydrogen-bond acceptors (Lipinski definition) is 3. The second kappa shape index (κ2) is 10.0. The van der Waals surface area contributed by atoms with Gasteiger partial charge in [0.1, 0.15) is 5.75 Å². The third-order valence-electron chi connectivity index (χ3n) is 6.03. The number of carbonyl (C=O) groups is 1. The van der Waals surface area contributed by atoms with Crippen LogP contribution in [0.15, 0.2) is 108 Å². The van der Waals surface area contributed by atoms with Crippen molar-refractivity contribution in [3.63, 3.8) is 0 Å². The Balaban J connectivity index is 1.40. The number of carbonyl (C=O) groups excluding carboxylic acids is 1. The molecule has 4 aromatic carbocycles. The summed E-state index contributed by atoms with van der Waals surface area (Å²) >= 11 is 6.09. The molecule has 0 bridgehead atoms. The highest BCUT2D eigenvalue weighted by Gasteiger charge is 2.32. The summed E-state index contributed by atoms with van der Waals surface area (Å²) in [5, 5.41) is 9.83. The second-order valence-electron chi connectivity index (χ2n) is 8.25. The lowest BCUT2D eigenvalue weighted by Gasteiger charge is -2.17. The third-order valence-corrected chi connectivity index (χ3v) is 6.28. The topological polar surface area (TPSA) is 53.9 Å². The summed E-state index contributed by atoms with van der Waals surface area (Å²) in [7, 11) is 1.63. The van der Waals surface area contributed by atoms with Crippen molar-refractivity contribution < 1.29 is 9.53 Å². The first-order valence-corrected chi connectivity index (χ1v) is 11.7. The van der Waals surface area contributed by atoms with Gasteiger partial charge in [-0.05, 0) is 41.0 Å². The van der Waals surface area contributed by atoms with Crippen LogP contribution in [0.1, 0.15) is 17.0 Å². The van der Waals surface area contributed by atoms with E-state index in [1.54, 1.807) is 7.11 Å². The van der Waals surface area contributed by atoms with Gasteiger partial charge in [-0.3, -0.25) is 0 Å². The minimum absolute atomic E-state index is 0.0434. The Morgan fingerprint density at radius 1 is 0.914 bits per heavy atom. The van der Waals surface area contributed by atoms with Crippen molar-refractivity contribution in [3.05, 3.63) is 119 Å². The van der Waals surface area contributed by atoms with Crippen molar-refractivity contribution in [1.29, 1.82) is 0 Å². The Morgan fingerprint density at radius 2 is 1.60 bits per heavy atom. The zero-order valence-electron chi connectivity index (χ0n) is 19.2. The molecule has 0 unspecified atom stereocenters. The minimum Gasteiger partial charge on any atom is -0.496 e. The summed E-state index contributed by atoms with van der Waals surface area (Å²) in [6.07, 6.45) is 0. The molecule has 1 heterocycles. The van der Waals surface area contributed by atoms with Crippen molar-refractivity contribution in [3.8, 4) is 16.9 Å². The van der Waals surface area contributed by atoms with Gasteiger partial charge >= 0.3 is 6.03 Å². The van der Waals surface area contributed by atoms with E-state index < -0.39 is 0 Å². The van der Waals surface area contributed by atoms with Crippen LogP contribution < -0.4 is 10.1 Å². The Labute approximate surface area is 209 Å². The summed E-state index contributed by atoms with van der Waals surface area (Å²) in [4.78, 5) is 13.2. The molecule has 2 amide bonds. The molecule has 0 fully saturated rings. The number of halogens is 1. The van der Waals surface area contributed by atoms with Crippen LogP contribution in [0, 0.1) is 0 Å². The zero-order chi connectivity index (χ0) is 24.2. The van der Waals surface area contributed by atoms with E-state index in [-0.39, 0.29) is 11.9 Å². The molecule has 0 spiro atoms. The number of rotatable bonds is 5. The maximum absolute atomic E-state index is 13.2. The van der Waals surface area contributed by atoms with Gasteiger partial charge in [0, 0.05) is 28.3 Å². The Kier molecular flexibility index (Phi) is 6.51.